The summed E-state index contributed by atoms with van der Waals surface area (Å²) in [5, 5.41) is 3.30. The highest BCUT2D eigenvalue weighted by Crippen LogP contribution is 2.34. The van der Waals surface area contributed by atoms with Crippen molar-refractivity contribution in [2.24, 2.45) is 0 Å². The van der Waals surface area contributed by atoms with Crippen LogP contribution < -0.4 is 10.2 Å². The van der Waals surface area contributed by atoms with Gasteiger partial charge in [-0.1, -0.05) is 24.6 Å². The molecule has 0 saturated carbocycles. The van der Waals surface area contributed by atoms with Crippen LogP contribution in [0.15, 0.2) is 18.2 Å². The molecular weight excluding hydrogens is 220 g/mol. The van der Waals surface area contributed by atoms with E-state index in [1.54, 1.807) is 0 Å². The number of hydrogen-bond acceptors (Lipinski definition) is 2. The molecule has 2 unspecified atom stereocenters. The van der Waals surface area contributed by atoms with Crippen molar-refractivity contribution in [3.05, 3.63) is 29.3 Å². The molecule has 1 aliphatic rings. The Balaban J connectivity index is 2.36. The third-order valence-electron chi connectivity index (χ3n) is 4.14. The molecule has 0 radical (unpaired) electrons. The summed E-state index contributed by atoms with van der Waals surface area (Å²) in [7, 11) is 2.02. The van der Waals surface area contributed by atoms with E-state index in [1.165, 1.54) is 36.1 Å². The van der Waals surface area contributed by atoms with Crippen LogP contribution in [-0.4, -0.2) is 19.1 Å². The van der Waals surface area contributed by atoms with Crippen molar-refractivity contribution in [2.75, 3.05) is 11.9 Å². The first kappa shape index (κ1) is 13.4. The fourth-order valence-electron chi connectivity index (χ4n) is 3.20. The van der Waals surface area contributed by atoms with Crippen molar-refractivity contribution in [1.29, 1.82) is 0 Å². The summed E-state index contributed by atoms with van der Waals surface area (Å²) in [6.07, 6.45) is 3.91. The third-order valence-corrected chi connectivity index (χ3v) is 4.14. The number of benzene rings is 1. The monoisotopic (exact) mass is 246 g/mol. The van der Waals surface area contributed by atoms with Crippen LogP contribution in [0.4, 0.5) is 5.69 Å². The van der Waals surface area contributed by atoms with Gasteiger partial charge in [0.1, 0.15) is 0 Å². The first-order valence-electron chi connectivity index (χ1n) is 7.19. The summed E-state index contributed by atoms with van der Waals surface area (Å²) in [4.78, 5) is 2.64. The average Bonchev–Trinajstić information content (AvgIpc) is 2.71. The molecule has 100 valence electrons. The molecule has 2 nitrogen and oxygen atoms in total. The van der Waals surface area contributed by atoms with Crippen LogP contribution in [0.5, 0.6) is 0 Å². The van der Waals surface area contributed by atoms with Crippen LogP contribution in [0.3, 0.4) is 0 Å². The maximum Gasteiger partial charge on any atom is 0.0416 e. The maximum atomic E-state index is 3.30. The van der Waals surface area contributed by atoms with Crippen LogP contribution >= 0.6 is 0 Å². The Morgan fingerprint density at radius 1 is 1.33 bits per heavy atom. The molecular formula is C16H26N2. The molecule has 2 heteroatoms. The van der Waals surface area contributed by atoms with Gasteiger partial charge in [0.2, 0.25) is 0 Å². The van der Waals surface area contributed by atoms with E-state index in [0.29, 0.717) is 6.04 Å². The van der Waals surface area contributed by atoms with Gasteiger partial charge in [0.25, 0.3) is 0 Å². The number of rotatable bonds is 4. The summed E-state index contributed by atoms with van der Waals surface area (Å²) in [5.74, 6) is 0. The molecule has 2 atom stereocenters. The Labute approximate surface area is 111 Å². The fraction of sp³-hybridized carbons (Fsp3) is 0.625. The van der Waals surface area contributed by atoms with E-state index in [4.69, 9.17) is 0 Å². The maximum absolute atomic E-state index is 3.30. The predicted octanol–water partition coefficient (Wildman–Crippen LogP) is 3.48. The van der Waals surface area contributed by atoms with Crippen molar-refractivity contribution >= 4 is 5.69 Å². The zero-order valence-corrected chi connectivity index (χ0v) is 12.2. The summed E-state index contributed by atoms with van der Waals surface area (Å²) >= 11 is 0. The lowest BCUT2D eigenvalue weighted by molar-refractivity contribution is 0.623. The highest BCUT2D eigenvalue weighted by molar-refractivity contribution is 5.57. The molecule has 1 saturated heterocycles. The minimum absolute atomic E-state index is 0.674. The normalized spacial score (nSPS) is 23.7. The number of nitrogens with one attached hydrogen (secondary N) is 1. The molecule has 1 N–H and O–H groups in total. The van der Waals surface area contributed by atoms with Gasteiger partial charge < -0.3 is 10.2 Å². The number of aryl methyl sites for hydroxylation is 1. The zero-order valence-electron chi connectivity index (χ0n) is 12.2. The molecule has 1 fully saturated rings. The molecule has 1 aromatic rings. The second kappa shape index (κ2) is 5.75. The molecule has 0 aromatic heterocycles. The fourth-order valence-corrected chi connectivity index (χ4v) is 3.20. The van der Waals surface area contributed by atoms with Crippen molar-refractivity contribution in [1.82, 2.24) is 5.32 Å². The van der Waals surface area contributed by atoms with Crippen molar-refractivity contribution in [3.63, 3.8) is 0 Å². The largest absolute Gasteiger partial charge is 0.366 e. The second-order valence-electron chi connectivity index (χ2n) is 5.56. The van der Waals surface area contributed by atoms with E-state index in [2.05, 4.69) is 49.2 Å². The summed E-state index contributed by atoms with van der Waals surface area (Å²) < 4.78 is 0. The Morgan fingerprint density at radius 2 is 2.11 bits per heavy atom. The van der Waals surface area contributed by atoms with Crippen LogP contribution in [-0.2, 0) is 6.54 Å². The van der Waals surface area contributed by atoms with Crippen molar-refractivity contribution < 1.29 is 0 Å². The molecule has 0 aliphatic carbocycles. The van der Waals surface area contributed by atoms with Gasteiger partial charge >= 0.3 is 0 Å². The predicted molar refractivity (Wildman–Crippen MR) is 79.2 cm³/mol. The van der Waals surface area contributed by atoms with E-state index >= 15 is 0 Å². The van der Waals surface area contributed by atoms with Gasteiger partial charge in [-0.05, 0) is 51.8 Å². The molecule has 1 heterocycles. The minimum atomic E-state index is 0.674. The molecule has 0 spiro atoms. The standard InChI is InChI=1S/C16H26N2/c1-5-15-8-7-13(3)18(15)16-9-6-12(2)10-14(16)11-17-4/h6,9-10,13,15,17H,5,7-8,11H2,1-4H3. The van der Waals surface area contributed by atoms with Gasteiger partial charge in [-0.25, -0.2) is 0 Å². The lowest BCUT2D eigenvalue weighted by atomic mass is 10.1. The molecule has 1 aliphatic heterocycles. The summed E-state index contributed by atoms with van der Waals surface area (Å²) in [6.45, 7) is 7.80. The van der Waals surface area contributed by atoms with E-state index in [0.717, 1.165) is 12.6 Å². The topological polar surface area (TPSA) is 15.3 Å². The number of nitrogens with zero attached hydrogens (tertiary/aromatic N) is 1. The highest BCUT2D eigenvalue weighted by Gasteiger charge is 2.30. The highest BCUT2D eigenvalue weighted by atomic mass is 15.2. The van der Waals surface area contributed by atoms with E-state index in [-0.39, 0.29) is 0 Å². The Kier molecular flexibility index (Phi) is 4.28. The van der Waals surface area contributed by atoms with E-state index < -0.39 is 0 Å². The average molecular weight is 246 g/mol. The van der Waals surface area contributed by atoms with Gasteiger partial charge in [-0.3, -0.25) is 0 Å². The molecule has 0 bridgehead atoms. The molecule has 0 amide bonds. The van der Waals surface area contributed by atoms with Crippen molar-refractivity contribution in [2.45, 2.75) is 58.7 Å². The van der Waals surface area contributed by atoms with E-state index in [1.807, 2.05) is 7.05 Å². The smallest absolute Gasteiger partial charge is 0.0416 e. The molecule has 18 heavy (non-hydrogen) atoms. The third kappa shape index (κ3) is 2.54. The number of anilines is 1. The summed E-state index contributed by atoms with van der Waals surface area (Å²) in [6, 6.07) is 8.27. The molecule has 1 aromatic carbocycles. The van der Waals surface area contributed by atoms with Gasteiger partial charge in [-0.2, -0.15) is 0 Å². The van der Waals surface area contributed by atoms with Crippen LogP contribution in [0, 0.1) is 6.92 Å². The van der Waals surface area contributed by atoms with Crippen LogP contribution in [0.2, 0.25) is 0 Å². The quantitative estimate of drug-likeness (QED) is 0.875. The Bertz CT molecular complexity index is 400. The Morgan fingerprint density at radius 3 is 2.78 bits per heavy atom. The zero-order chi connectivity index (χ0) is 13.1. The van der Waals surface area contributed by atoms with Gasteiger partial charge in [0, 0.05) is 24.3 Å². The Hall–Kier alpha value is -1.02. The van der Waals surface area contributed by atoms with E-state index in [9.17, 15) is 0 Å². The van der Waals surface area contributed by atoms with Crippen LogP contribution in [0.25, 0.3) is 0 Å². The second-order valence-corrected chi connectivity index (χ2v) is 5.56. The lowest BCUT2D eigenvalue weighted by Gasteiger charge is -2.32. The van der Waals surface area contributed by atoms with Crippen molar-refractivity contribution in [3.8, 4) is 0 Å². The van der Waals surface area contributed by atoms with Crippen LogP contribution in [0.1, 0.15) is 44.2 Å². The number of hydrogen-bond donors (Lipinski definition) is 1. The van der Waals surface area contributed by atoms with Gasteiger partial charge in [0.05, 0.1) is 0 Å². The van der Waals surface area contributed by atoms with Gasteiger partial charge in [0.15, 0.2) is 0 Å². The SMILES string of the molecule is CCC1CCC(C)N1c1ccc(C)cc1CNC. The minimum Gasteiger partial charge on any atom is -0.366 e. The summed E-state index contributed by atoms with van der Waals surface area (Å²) in [5.41, 5.74) is 4.22. The lowest BCUT2D eigenvalue weighted by Crippen LogP contribution is -2.35. The first-order valence-corrected chi connectivity index (χ1v) is 7.19. The molecule has 2 rings (SSSR count). The van der Waals surface area contributed by atoms with Gasteiger partial charge in [-0.15, -0.1) is 0 Å². The first-order chi connectivity index (χ1) is 8.67.